The smallest absolute Gasteiger partial charge is 0.235 e. The second-order valence-corrected chi connectivity index (χ2v) is 4.15. The third-order valence-electron chi connectivity index (χ3n) is 2.89. The molecule has 0 aliphatic heterocycles. The molecule has 3 aromatic rings. The first-order valence-electron chi connectivity index (χ1n) is 6.09. The fraction of sp³-hybridized carbons (Fsp3) is 0.143. The van der Waals surface area contributed by atoms with Crippen LogP contribution in [0.25, 0.3) is 16.9 Å². The third-order valence-corrected chi connectivity index (χ3v) is 2.89. The lowest BCUT2D eigenvalue weighted by molar-refractivity contribution is 0.340. The van der Waals surface area contributed by atoms with E-state index in [0.29, 0.717) is 18.2 Å². The number of ether oxygens (including phenoxy) is 1. The highest BCUT2D eigenvalue weighted by atomic mass is 16.5. The maximum Gasteiger partial charge on any atom is 0.235 e. The highest BCUT2D eigenvalue weighted by Crippen LogP contribution is 2.22. The molecule has 0 unspecified atom stereocenters. The van der Waals surface area contributed by atoms with Crippen molar-refractivity contribution in [3.8, 4) is 16.9 Å². The number of nitrogens with zero attached hydrogens (tertiary/aromatic N) is 3. The Bertz CT molecular complexity index is 703. The zero-order valence-corrected chi connectivity index (χ0v) is 10.6. The van der Waals surface area contributed by atoms with Gasteiger partial charge in [-0.15, -0.1) is 0 Å². The summed E-state index contributed by atoms with van der Waals surface area (Å²) in [6, 6.07) is 7.89. The quantitative estimate of drug-likeness (QED) is 0.779. The number of aromatic nitrogens is 3. The molecule has 0 atom stereocenters. The van der Waals surface area contributed by atoms with Gasteiger partial charge in [0.2, 0.25) is 5.78 Å². The summed E-state index contributed by atoms with van der Waals surface area (Å²) in [6.45, 7) is 2.63. The third kappa shape index (κ3) is 2.10. The Labute approximate surface area is 110 Å². The summed E-state index contributed by atoms with van der Waals surface area (Å²) in [7, 11) is 0. The van der Waals surface area contributed by atoms with Gasteiger partial charge < -0.3 is 10.5 Å². The van der Waals surface area contributed by atoms with Crippen LogP contribution in [0.5, 0.6) is 5.75 Å². The van der Waals surface area contributed by atoms with E-state index in [1.807, 2.05) is 37.4 Å². The molecule has 0 amide bonds. The van der Waals surface area contributed by atoms with E-state index in [4.69, 9.17) is 10.5 Å². The Morgan fingerprint density at radius 2 is 1.84 bits per heavy atom. The lowest BCUT2D eigenvalue weighted by atomic mass is 10.1. The maximum atomic E-state index is 5.83. The van der Waals surface area contributed by atoms with Crippen LogP contribution in [-0.2, 0) is 0 Å². The average Bonchev–Trinajstić information content (AvgIpc) is 2.81. The van der Waals surface area contributed by atoms with Gasteiger partial charge in [0.25, 0.3) is 0 Å². The van der Waals surface area contributed by atoms with Crippen molar-refractivity contribution in [2.75, 3.05) is 12.3 Å². The molecule has 0 fully saturated rings. The van der Waals surface area contributed by atoms with E-state index in [-0.39, 0.29) is 0 Å². The van der Waals surface area contributed by atoms with Gasteiger partial charge in [-0.2, -0.15) is 0 Å². The van der Waals surface area contributed by atoms with Crippen LogP contribution < -0.4 is 10.5 Å². The molecular weight excluding hydrogens is 240 g/mol. The summed E-state index contributed by atoms with van der Waals surface area (Å²) >= 11 is 0. The molecule has 2 heterocycles. The van der Waals surface area contributed by atoms with E-state index in [1.165, 1.54) is 0 Å². The van der Waals surface area contributed by atoms with Crippen molar-refractivity contribution in [3.63, 3.8) is 0 Å². The molecule has 0 bridgehead atoms. The van der Waals surface area contributed by atoms with Crippen molar-refractivity contribution in [1.29, 1.82) is 0 Å². The molecule has 0 aliphatic rings. The van der Waals surface area contributed by atoms with Gasteiger partial charge in [-0.25, -0.2) is 9.97 Å². The van der Waals surface area contributed by atoms with Gasteiger partial charge in [0, 0.05) is 18.0 Å². The maximum absolute atomic E-state index is 5.83. The monoisotopic (exact) mass is 254 g/mol. The van der Waals surface area contributed by atoms with Crippen LogP contribution in [0.1, 0.15) is 6.92 Å². The number of anilines is 1. The van der Waals surface area contributed by atoms with E-state index in [0.717, 1.165) is 16.9 Å². The van der Waals surface area contributed by atoms with Crippen molar-refractivity contribution in [3.05, 3.63) is 42.9 Å². The first kappa shape index (κ1) is 11.5. The van der Waals surface area contributed by atoms with Gasteiger partial charge in [0.05, 0.1) is 12.8 Å². The van der Waals surface area contributed by atoms with Gasteiger partial charge in [-0.1, -0.05) is 12.1 Å². The van der Waals surface area contributed by atoms with Gasteiger partial charge >= 0.3 is 0 Å². The fourth-order valence-corrected chi connectivity index (χ4v) is 1.95. The van der Waals surface area contributed by atoms with Gasteiger partial charge in [0.15, 0.2) is 0 Å². The molecule has 0 radical (unpaired) electrons. The Balaban J connectivity index is 2.00. The molecule has 0 aliphatic carbocycles. The van der Waals surface area contributed by atoms with E-state index in [9.17, 15) is 0 Å². The van der Waals surface area contributed by atoms with Crippen LogP contribution in [0.15, 0.2) is 42.9 Å². The number of rotatable bonds is 3. The van der Waals surface area contributed by atoms with Crippen molar-refractivity contribution in [1.82, 2.24) is 14.4 Å². The molecule has 19 heavy (non-hydrogen) atoms. The number of imidazole rings is 1. The Morgan fingerprint density at radius 3 is 2.58 bits per heavy atom. The van der Waals surface area contributed by atoms with Crippen LogP contribution >= 0.6 is 0 Å². The Hall–Kier alpha value is -2.56. The minimum absolute atomic E-state index is 0.579. The SMILES string of the molecule is CCOc1ccc(-c2cnc3ncc(N)n3c2)cc1. The minimum Gasteiger partial charge on any atom is -0.494 e. The van der Waals surface area contributed by atoms with Crippen LogP contribution in [0.4, 0.5) is 5.82 Å². The fourth-order valence-electron chi connectivity index (χ4n) is 1.95. The highest BCUT2D eigenvalue weighted by molar-refractivity contribution is 5.64. The molecule has 5 nitrogen and oxygen atoms in total. The topological polar surface area (TPSA) is 65.4 Å². The largest absolute Gasteiger partial charge is 0.494 e. The van der Waals surface area contributed by atoms with E-state index >= 15 is 0 Å². The van der Waals surface area contributed by atoms with Gasteiger partial charge in [-0.3, -0.25) is 4.40 Å². The molecule has 96 valence electrons. The molecular formula is C14H14N4O. The first-order chi connectivity index (χ1) is 9.28. The van der Waals surface area contributed by atoms with Crippen LogP contribution in [-0.4, -0.2) is 21.0 Å². The predicted octanol–water partition coefficient (Wildman–Crippen LogP) is 2.38. The Morgan fingerprint density at radius 1 is 1.11 bits per heavy atom. The van der Waals surface area contributed by atoms with Crippen molar-refractivity contribution in [2.45, 2.75) is 6.92 Å². The minimum atomic E-state index is 0.579. The van der Waals surface area contributed by atoms with Crippen molar-refractivity contribution < 1.29 is 4.74 Å². The van der Waals surface area contributed by atoms with E-state index in [1.54, 1.807) is 16.8 Å². The Kier molecular flexibility index (Phi) is 2.79. The molecule has 0 spiro atoms. The average molecular weight is 254 g/mol. The zero-order valence-electron chi connectivity index (χ0n) is 10.6. The number of benzene rings is 1. The number of nitrogens with two attached hydrogens (primary N) is 1. The van der Waals surface area contributed by atoms with Crippen molar-refractivity contribution >= 4 is 11.6 Å². The molecule has 2 aromatic heterocycles. The number of hydrogen-bond acceptors (Lipinski definition) is 4. The zero-order chi connectivity index (χ0) is 13.2. The molecule has 5 heteroatoms. The van der Waals surface area contributed by atoms with Crippen LogP contribution in [0, 0.1) is 0 Å². The number of fused-ring (bicyclic) bond motifs is 1. The summed E-state index contributed by atoms with van der Waals surface area (Å²) in [6.07, 6.45) is 5.32. The van der Waals surface area contributed by atoms with Crippen molar-refractivity contribution in [2.24, 2.45) is 0 Å². The first-order valence-corrected chi connectivity index (χ1v) is 6.09. The predicted molar refractivity (Wildman–Crippen MR) is 74.0 cm³/mol. The second-order valence-electron chi connectivity index (χ2n) is 4.15. The van der Waals surface area contributed by atoms with Gasteiger partial charge in [0.1, 0.15) is 11.6 Å². The molecule has 3 rings (SSSR count). The van der Waals surface area contributed by atoms with Gasteiger partial charge in [-0.05, 0) is 24.6 Å². The standard InChI is InChI=1S/C14H14N4O/c1-2-19-12-5-3-10(4-6-12)11-7-16-14-17-8-13(15)18(14)9-11/h3-9H,2,15H2,1H3. The summed E-state index contributed by atoms with van der Waals surface area (Å²) in [4.78, 5) is 8.38. The number of hydrogen-bond donors (Lipinski definition) is 1. The normalized spacial score (nSPS) is 10.8. The van der Waals surface area contributed by atoms with E-state index in [2.05, 4.69) is 9.97 Å². The lowest BCUT2D eigenvalue weighted by Crippen LogP contribution is -1.95. The summed E-state index contributed by atoms with van der Waals surface area (Å²) < 4.78 is 7.19. The highest BCUT2D eigenvalue weighted by Gasteiger charge is 2.04. The molecule has 1 aromatic carbocycles. The van der Waals surface area contributed by atoms with Crippen LogP contribution in [0.2, 0.25) is 0 Å². The van der Waals surface area contributed by atoms with E-state index < -0.39 is 0 Å². The number of nitrogen functional groups attached to an aromatic ring is 1. The van der Waals surface area contributed by atoms with Crippen LogP contribution in [0.3, 0.4) is 0 Å². The summed E-state index contributed by atoms with van der Waals surface area (Å²) in [5.74, 6) is 2.05. The summed E-state index contributed by atoms with van der Waals surface area (Å²) in [5.41, 5.74) is 7.87. The summed E-state index contributed by atoms with van der Waals surface area (Å²) in [5, 5.41) is 0. The molecule has 2 N–H and O–H groups in total. The second kappa shape index (κ2) is 4.61. The molecule has 0 saturated heterocycles. The lowest BCUT2D eigenvalue weighted by Gasteiger charge is -2.05. The molecule has 0 saturated carbocycles.